The lowest BCUT2D eigenvalue weighted by Gasteiger charge is -2.46. The van der Waals surface area contributed by atoms with Crippen molar-refractivity contribution in [1.82, 2.24) is 0 Å². The highest BCUT2D eigenvalue weighted by atomic mass is 16.5. The van der Waals surface area contributed by atoms with E-state index >= 15 is 0 Å². The number of amides is 2. The number of imide groups is 1. The van der Waals surface area contributed by atoms with Crippen molar-refractivity contribution in [3.05, 3.63) is 94.5 Å². The van der Waals surface area contributed by atoms with Crippen LogP contribution in [0.25, 0.3) is 0 Å². The molecule has 0 saturated carbocycles. The number of hydrogen-bond donors (Lipinski definition) is 0. The third kappa shape index (κ3) is 3.04. The van der Waals surface area contributed by atoms with Crippen LogP contribution < -0.4 is 9.64 Å². The molecule has 34 heavy (non-hydrogen) atoms. The first-order valence-corrected chi connectivity index (χ1v) is 12.4. The summed E-state index contributed by atoms with van der Waals surface area (Å²) in [4.78, 5) is 29.1. The van der Waals surface area contributed by atoms with Gasteiger partial charge in [-0.25, -0.2) is 4.90 Å². The van der Waals surface area contributed by atoms with Crippen LogP contribution in [0.5, 0.6) is 5.75 Å². The Labute approximate surface area is 200 Å². The SMILES string of the molecule is CCCCCOc1ccc(N2C(=O)C3C4c5ccccc5C(c5cc(C)ccc54)C3C2=O)cc1. The van der Waals surface area contributed by atoms with Gasteiger partial charge in [-0.1, -0.05) is 67.8 Å². The Kier molecular flexibility index (Phi) is 5.05. The fourth-order valence-electron chi connectivity index (χ4n) is 6.33. The zero-order chi connectivity index (χ0) is 23.4. The largest absolute Gasteiger partial charge is 0.494 e. The van der Waals surface area contributed by atoms with Gasteiger partial charge in [-0.15, -0.1) is 0 Å². The maximum atomic E-state index is 13.8. The fraction of sp³-hybridized carbons (Fsp3) is 0.333. The predicted molar refractivity (Wildman–Crippen MR) is 132 cm³/mol. The second-order valence-corrected chi connectivity index (χ2v) is 9.83. The summed E-state index contributed by atoms with van der Waals surface area (Å²) in [7, 11) is 0. The molecular formula is C30H29NO3. The van der Waals surface area contributed by atoms with Gasteiger partial charge in [0.2, 0.25) is 11.8 Å². The van der Waals surface area contributed by atoms with Gasteiger partial charge < -0.3 is 4.74 Å². The van der Waals surface area contributed by atoms with E-state index in [9.17, 15) is 9.59 Å². The van der Waals surface area contributed by atoms with E-state index in [4.69, 9.17) is 4.74 Å². The van der Waals surface area contributed by atoms with Crippen molar-refractivity contribution < 1.29 is 14.3 Å². The number of aryl methyl sites for hydroxylation is 1. The first-order chi connectivity index (χ1) is 16.6. The van der Waals surface area contributed by atoms with Gasteiger partial charge in [-0.2, -0.15) is 0 Å². The molecule has 0 radical (unpaired) electrons. The lowest BCUT2D eigenvalue weighted by molar-refractivity contribution is -0.122. The average molecular weight is 452 g/mol. The van der Waals surface area contributed by atoms with Gasteiger partial charge in [0.15, 0.2) is 0 Å². The summed E-state index contributed by atoms with van der Waals surface area (Å²) in [5.41, 5.74) is 6.63. The standard InChI is InChI=1S/C30H29NO3/c1-3-4-7-16-34-20-13-11-19(12-14-20)31-29(32)27-25-21-8-5-6-9-22(21)26(28(27)30(31)33)24-17-18(2)10-15-23(24)25/h5-6,8-15,17,25-28H,3-4,7,16H2,1-2H3. The smallest absolute Gasteiger partial charge is 0.238 e. The van der Waals surface area contributed by atoms with Crippen molar-refractivity contribution in [2.45, 2.75) is 44.9 Å². The summed E-state index contributed by atoms with van der Waals surface area (Å²) in [6, 6.07) is 22.3. The molecule has 2 bridgehead atoms. The first kappa shape index (κ1) is 21.2. The molecule has 0 N–H and O–H groups in total. The number of unbranched alkanes of at least 4 members (excludes halogenated alkanes) is 2. The molecule has 4 aliphatic rings. The van der Waals surface area contributed by atoms with Gasteiger partial charge in [-0.3, -0.25) is 9.59 Å². The number of ether oxygens (including phenoxy) is 1. The second kappa shape index (κ2) is 8.12. The molecule has 7 rings (SSSR count). The second-order valence-electron chi connectivity index (χ2n) is 9.83. The van der Waals surface area contributed by atoms with Gasteiger partial charge in [0.25, 0.3) is 0 Å². The molecule has 172 valence electrons. The minimum absolute atomic E-state index is 0.0792. The molecule has 3 aromatic rings. The lowest BCUT2D eigenvalue weighted by atomic mass is 9.55. The number of carbonyl (C=O) groups is 2. The van der Waals surface area contributed by atoms with Gasteiger partial charge >= 0.3 is 0 Å². The Hall–Kier alpha value is -3.40. The lowest BCUT2D eigenvalue weighted by Crippen LogP contribution is -2.41. The van der Waals surface area contributed by atoms with E-state index in [-0.39, 0.29) is 35.5 Å². The molecule has 1 fully saturated rings. The van der Waals surface area contributed by atoms with Crippen LogP contribution in [0, 0.1) is 18.8 Å². The monoisotopic (exact) mass is 451 g/mol. The third-order valence-corrected chi connectivity index (χ3v) is 7.81. The van der Waals surface area contributed by atoms with Gasteiger partial charge in [0.05, 0.1) is 24.1 Å². The number of hydrogen-bond acceptors (Lipinski definition) is 3. The average Bonchev–Trinajstić information content (AvgIpc) is 3.12. The highest BCUT2D eigenvalue weighted by molar-refractivity contribution is 6.23. The fourth-order valence-corrected chi connectivity index (χ4v) is 6.33. The molecule has 4 atom stereocenters. The van der Waals surface area contributed by atoms with Crippen LogP contribution in [0.4, 0.5) is 5.69 Å². The molecule has 0 spiro atoms. The van der Waals surface area contributed by atoms with Crippen LogP contribution in [-0.2, 0) is 9.59 Å². The highest BCUT2D eigenvalue weighted by Crippen LogP contribution is 2.61. The number of nitrogens with zero attached hydrogens (tertiary/aromatic N) is 1. The van der Waals surface area contributed by atoms with Crippen LogP contribution in [0.2, 0.25) is 0 Å². The molecule has 4 unspecified atom stereocenters. The molecule has 3 aromatic carbocycles. The Balaban J connectivity index is 1.36. The van der Waals surface area contributed by atoms with Crippen LogP contribution in [0.15, 0.2) is 66.7 Å². The number of carbonyl (C=O) groups excluding carboxylic acids is 2. The Morgan fingerprint density at radius 3 is 2.03 bits per heavy atom. The molecule has 4 heteroatoms. The van der Waals surface area contributed by atoms with Crippen LogP contribution in [0.3, 0.4) is 0 Å². The quantitative estimate of drug-likeness (QED) is 0.343. The molecule has 3 aliphatic carbocycles. The molecule has 1 aliphatic heterocycles. The predicted octanol–water partition coefficient (Wildman–Crippen LogP) is 5.96. The maximum Gasteiger partial charge on any atom is 0.238 e. The van der Waals surface area contributed by atoms with E-state index in [1.807, 2.05) is 36.4 Å². The number of rotatable bonds is 6. The molecular weight excluding hydrogens is 422 g/mol. The molecule has 0 aromatic heterocycles. The molecule has 1 heterocycles. The van der Waals surface area contributed by atoms with Crippen molar-refractivity contribution in [3.63, 3.8) is 0 Å². The molecule has 4 nitrogen and oxygen atoms in total. The van der Waals surface area contributed by atoms with Crippen molar-refractivity contribution >= 4 is 17.5 Å². The summed E-state index contributed by atoms with van der Waals surface area (Å²) in [6.07, 6.45) is 3.32. The van der Waals surface area contributed by atoms with Crippen LogP contribution in [0.1, 0.15) is 65.8 Å². The van der Waals surface area contributed by atoms with Crippen LogP contribution >= 0.6 is 0 Å². The minimum Gasteiger partial charge on any atom is -0.494 e. The Morgan fingerprint density at radius 2 is 1.38 bits per heavy atom. The van der Waals surface area contributed by atoms with Gasteiger partial charge in [-0.05, 0) is 59.9 Å². The summed E-state index contributed by atoms with van der Waals surface area (Å²) in [5, 5.41) is 0. The van der Waals surface area contributed by atoms with Crippen molar-refractivity contribution in [1.29, 1.82) is 0 Å². The minimum atomic E-state index is -0.355. The van der Waals surface area contributed by atoms with E-state index in [0.717, 1.165) is 25.0 Å². The topological polar surface area (TPSA) is 46.6 Å². The van der Waals surface area contributed by atoms with E-state index < -0.39 is 0 Å². The van der Waals surface area contributed by atoms with Gasteiger partial charge in [0, 0.05) is 11.8 Å². The summed E-state index contributed by atoms with van der Waals surface area (Å²) >= 11 is 0. The summed E-state index contributed by atoms with van der Waals surface area (Å²) in [6.45, 7) is 4.94. The van der Waals surface area contributed by atoms with E-state index in [1.54, 1.807) is 0 Å². The maximum absolute atomic E-state index is 13.8. The normalized spacial score (nSPS) is 24.1. The zero-order valence-electron chi connectivity index (χ0n) is 19.7. The molecule has 2 amide bonds. The first-order valence-electron chi connectivity index (χ1n) is 12.4. The summed E-state index contributed by atoms with van der Waals surface area (Å²) < 4.78 is 5.83. The third-order valence-electron chi connectivity index (χ3n) is 7.81. The van der Waals surface area contributed by atoms with E-state index in [1.165, 1.54) is 32.7 Å². The van der Waals surface area contributed by atoms with Crippen molar-refractivity contribution in [3.8, 4) is 5.75 Å². The number of benzene rings is 3. The van der Waals surface area contributed by atoms with Crippen molar-refractivity contribution in [2.24, 2.45) is 11.8 Å². The van der Waals surface area contributed by atoms with Crippen molar-refractivity contribution in [2.75, 3.05) is 11.5 Å². The summed E-state index contributed by atoms with van der Waals surface area (Å²) in [5.74, 6) is -0.260. The van der Waals surface area contributed by atoms with Crippen LogP contribution in [-0.4, -0.2) is 18.4 Å². The van der Waals surface area contributed by atoms with E-state index in [2.05, 4.69) is 44.2 Å². The zero-order valence-corrected chi connectivity index (χ0v) is 19.7. The highest BCUT2D eigenvalue weighted by Gasteiger charge is 2.61. The molecule has 1 saturated heterocycles. The van der Waals surface area contributed by atoms with E-state index in [0.29, 0.717) is 12.3 Å². The Bertz CT molecular complexity index is 1280. The van der Waals surface area contributed by atoms with Gasteiger partial charge in [0.1, 0.15) is 5.75 Å². The Morgan fingerprint density at radius 1 is 0.765 bits per heavy atom. The number of anilines is 1.